The van der Waals surface area contributed by atoms with Crippen molar-refractivity contribution in [3.8, 4) is 0 Å². The van der Waals surface area contributed by atoms with Crippen molar-refractivity contribution in [3.63, 3.8) is 0 Å². The van der Waals surface area contributed by atoms with Gasteiger partial charge in [-0.25, -0.2) is 0 Å². The SMILES string of the molecule is C[C@]12CCC[C@@H]1[C@@H]1CC[C@H]3C[C@H](O)CC[C@]3(C)[C@H]1[C@H](O)C2. The maximum atomic E-state index is 11.0. The third-order valence-electron chi connectivity index (χ3n) is 8.34. The van der Waals surface area contributed by atoms with Crippen molar-refractivity contribution in [2.24, 2.45) is 34.5 Å². The van der Waals surface area contributed by atoms with E-state index in [1.165, 1.54) is 32.1 Å². The summed E-state index contributed by atoms with van der Waals surface area (Å²) in [5.41, 5.74) is 0.698. The Hall–Kier alpha value is -0.0800. The molecule has 2 nitrogen and oxygen atoms in total. The molecule has 4 rings (SSSR count). The van der Waals surface area contributed by atoms with Gasteiger partial charge in [0.1, 0.15) is 0 Å². The molecule has 4 fully saturated rings. The summed E-state index contributed by atoms with van der Waals surface area (Å²) in [6, 6.07) is 0. The number of aliphatic hydroxyl groups excluding tert-OH is 2. The van der Waals surface area contributed by atoms with E-state index < -0.39 is 0 Å². The van der Waals surface area contributed by atoms with Crippen molar-refractivity contribution in [1.82, 2.24) is 0 Å². The molecule has 4 saturated carbocycles. The largest absolute Gasteiger partial charge is 0.393 e. The summed E-state index contributed by atoms with van der Waals surface area (Å²) >= 11 is 0. The Labute approximate surface area is 129 Å². The van der Waals surface area contributed by atoms with Gasteiger partial charge < -0.3 is 10.2 Å². The van der Waals surface area contributed by atoms with Gasteiger partial charge in [0, 0.05) is 0 Å². The van der Waals surface area contributed by atoms with Crippen molar-refractivity contribution in [2.75, 3.05) is 0 Å². The van der Waals surface area contributed by atoms with E-state index in [-0.39, 0.29) is 17.6 Å². The van der Waals surface area contributed by atoms with E-state index in [1.54, 1.807) is 0 Å². The van der Waals surface area contributed by atoms with E-state index in [0.29, 0.717) is 17.3 Å². The van der Waals surface area contributed by atoms with Crippen LogP contribution < -0.4 is 0 Å². The molecule has 0 saturated heterocycles. The maximum absolute atomic E-state index is 11.0. The molecule has 4 aliphatic rings. The molecule has 0 aliphatic heterocycles. The molecule has 0 radical (unpaired) electrons. The Kier molecular flexibility index (Phi) is 3.25. The normalized spacial score (nSPS) is 60.0. The highest BCUT2D eigenvalue weighted by molar-refractivity contribution is 5.10. The maximum Gasteiger partial charge on any atom is 0.0581 e. The molecule has 2 heteroatoms. The van der Waals surface area contributed by atoms with Crippen molar-refractivity contribution < 1.29 is 10.2 Å². The fourth-order valence-electron chi connectivity index (χ4n) is 7.37. The van der Waals surface area contributed by atoms with Crippen molar-refractivity contribution in [3.05, 3.63) is 0 Å². The van der Waals surface area contributed by atoms with Crippen LogP contribution in [0.1, 0.15) is 71.6 Å². The first kappa shape index (κ1) is 14.5. The van der Waals surface area contributed by atoms with Crippen LogP contribution in [-0.2, 0) is 0 Å². The number of hydrogen-bond acceptors (Lipinski definition) is 2. The van der Waals surface area contributed by atoms with Gasteiger partial charge in [-0.05, 0) is 85.9 Å². The molecule has 0 heterocycles. The number of fused-ring (bicyclic) bond motifs is 5. The van der Waals surface area contributed by atoms with Gasteiger partial charge in [0.2, 0.25) is 0 Å². The zero-order chi connectivity index (χ0) is 14.8. The highest BCUT2D eigenvalue weighted by Crippen LogP contribution is 2.66. The Morgan fingerprint density at radius 2 is 1.76 bits per heavy atom. The topological polar surface area (TPSA) is 40.5 Å². The second-order valence-electron chi connectivity index (χ2n) is 9.32. The Balaban J connectivity index is 1.67. The lowest BCUT2D eigenvalue weighted by atomic mass is 9.44. The third-order valence-corrected chi connectivity index (χ3v) is 8.34. The van der Waals surface area contributed by atoms with Gasteiger partial charge in [0.15, 0.2) is 0 Å². The molecule has 2 N–H and O–H groups in total. The molecule has 0 aromatic carbocycles. The van der Waals surface area contributed by atoms with Crippen LogP contribution in [-0.4, -0.2) is 22.4 Å². The van der Waals surface area contributed by atoms with E-state index in [2.05, 4.69) is 13.8 Å². The monoisotopic (exact) mass is 292 g/mol. The van der Waals surface area contributed by atoms with Crippen molar-refractivity contribution in [2.45, 2.75) is 83.8 Å². The number of aliphatic hydroxyl groups is 2. The molecule has 0 aromatic rings. The third kappa shape index (κ3) is 1.97. The van der Waals surface area contributed by atoms with Gasteiger partial charge >= 0.3 is 0 Å². The first-order valence-electron chi connectivity index (χ1n) is 9.30. The molecular weight excluding hydrogens is 260 g/mol. The molecule has 0 bridgehead atoms. The van der Waals surface area contributed by atoms with E-state index in [9.17, 15) is 10.2 Å². The molecule has 0 spiro atoms. The summed E-state index contributed by atoms with van der Waals surface area (Å²) in [6.45, 7) is 4.89. The summed E-state index contributed by atoms with van der Waals surface area (Å²) in [7, 11) is 0. The molecule has 21 heavy (non-hydrogen) atoms. The van der Waals surface area contributed by atoms with Crippen LogP contribution in [0.25, 0.3) is 0 Å². The van der Waals surface area contributed by atoms with E-state index in [4.69, 9.17) is 0 Å². The molecule has 8 atom stereocenters. The average Bonchev–Trinajstić information content (AvgIpc) is 2.80. The second kappa shape index (κ2) is 4.71. The van der Waals surface area contributed by atoms with E-state index in [0.717, 1.165) is 37.5 Å². The van der Waals surface area contributed by atoms with Crippen LogP contribution in [0.5, 0.6) is 0 Å². The standard InChI is InChI=1S/C19H32O2/c1-18-8-3-4-15(18)14-6-5-12-10-13(20)7-9-19(12,2)17(14)16(21)11-18/h12-17,20-21H,3-11H2,1-2H3/t12-,13+,14-,15+,16+,17+,18+,19-/m0/s1. The fourth-order valence-corrected chi connectivity index (χ4v) is 7.37. The average molecular weight is 292 g/mol. The van der Waals surface area contributed by atoms with Crippen LogP contribution in [0.2, 0.25) is 0 Å². The van der Waals surface area contributed by atoms with Crippen LogP contribution in [0.15, 0.2) is 0 Å². The van der Waals surface area contributed by atoms with Crippen molar-refractivity contribution >= 4 is 0 Å². The summed E-state index contributed by atoms with van der Waals surface area (Å²) in [4.78, 5) is 0. The Morgan fingerprint density at radius 1 is 0.952 bits per heavy atom. The molecule has 4 aliphatic carbocycles. The Morgan fingerprint density at radius 3 is 2.57 bits per heavy atom. The predicted molar refractivity (Wildman–Crippen MR) is 83.7 cm³/mol. The van der Waals surface area contributed by atoms with Gasteiger partial charge in [-0.3, -0.25) is 0 Å². The number of rotatable bonds is 0. The molecule has 0 unspecified atom stereocenters. The quantitative estimate of drug-likeness (QED) is 0.714. The Bertz CT molecular complexity index is 422. The summed E-state index contributed by atoms with van der Waals surface area (Å²) in [5, 5.41) is 21.1. The summed E-state index contributed by atoms with van der Waals surface area (Å²) in [6.07, 6.45) is 10.6. The highest BCUT2D eigenvalue weighted by Gasteiger charge is 2.60. The molecule has 0 aromatic heterocycles. The first-order valence-corrected chi connectivity index (χ1v) is 9.30. The number of hydrogen-bond donors (Lipinski definition) is 2. The van der Waals surface area contributed by atoms with Crippen LogP contribution >= 0.6 is 0 Å². The molecule has 120 valence electrons. The minimum Gasteiger partial charge on any atom is -0.393 e. The van der Waals surface area contributed by atoms with Gasteiger partial charge in [-0.1, -0.05) is 20.3 Å². The zero-order valence-electron chi connectivity index (χ0n) is 13.7. The van der Waals surface area contributed by atoms with Gasteiger partial charge in [0.05, 0.1) is 12.2 Å². The van der Waals surface area contributed by atoms with E-state index in [1.807, 2.05) is 0 Å². The van der Waals surface area contributed by atoms with Gasteiger partial charge in [0.25, 0.3) is 0 Å². The predicted octanol–water partition coefficient (Wildman–Crippen LogP) is 3.75. The highest BCUT2D eigenvalue weighted by atomic mass is 16.3. The smallest absolute Gasteiger partial charge is 0.0581 e. The summed E-state index contributed by atoms with van der Waals surface area (Å²) in [5.74, 6) is 2.75. The molecule has 0 amide bonds. The summed E-state index contributed by atoms with van der Waals surface area (Å²) < 4.78 is 0. The lowest BCUT2D eigenvalue weighted by molar-refractivity contribution is -0.171. The minimum atomic E-state index is -0.0996. The van der Waals surface area contributed by atoms with E-state index >= 15 is 0 Å². The minimum absolute atomic E-state index is 0.0860. The molecular formula is C19H32O2. The van der Waals surface area contributed by atoms with Crippen LogP contribution in [0.4, 0.5) is 0 Å². The van der Waals surface area contributed by atoms with Crippen LogP contribution in [0, 0.1) is 34.5 Å². The fraction of sp³-hybridized carbons (Fsp3) is 1.00. The van der Waals surface area contributed by atoms with Gasteiger partial charge in [-0.15, -0.1) is 0 Å². The lowest BCUT2D eigenvalue weighted by Gasteiger charge is -2.61. The van der Waals surface area contributed by atoms with Crippen LogP contribution in [0.3, 0.4) is 0 Å². The second-order valence-corrected chi connectivity index (χ2v) is 9.32. The lowest BCUT2D eigenvalue weighted by Crippen LogP contribution is -2.58. The zero-order valence-corrected chi connectivity index (χ0v) is 13.7. The first-order chi connectivity index (χ1) is 9.94. The van der Waals surface area contributed by atoms with Crippen molar-refractivity contribution in [1.29, 1.82) is 0 Å². The van der Waals surface area contributed by atoms with Gasteiger partial charge in [-0.2, -0.15) is 0 Å².